The Bertz CT molecular complexity index is 359. The maximum absolute atomic E-state index is 11.7. The number of carbonyl (C=O) groups is 1. The quantitative estimate of drug-likeness (QED) is 0.329. The van der Waals surface area contributed by atoms with Crippen LogP contribution in [0.15, 0.2) is 28.2 Å². The molecule has 1 rings (SSSR count). The Morgan fingerprint density at radius 1 is 1.73 bits per heavy atom. The SMILES string of the molecule is CC(C(N)=NO)N(C)C(=O)c1ccoc1. The third kappa shape index (κ3) is 2.28. The standard InChI is InChI=1S/C9H13N3O3/c1-6(8(10)11-14)12(2)9(13)7-3-4-15-5-7/h3-6,14H,1-2H3,(H2,10,11). The minimum absolute atomic E-state index is 0.0191. The molecule has 0 bridgehead atoms. The lowest BCUT2D eigenvalue weighted by molar-refractivity contribution is 0.0775. The molecule has 6 nitrogen and oxygen atoms in total. The van der Waals surface area contributed by atoms with Crippen LogP contribution in [0.5, 0.6) is 0 Å². The molecule has 1 heterocycles. The molecule has 0 radical (unpaired) electrons. The minimum Gasteiger partial charge on any atom is -0.472 e. The first kappa shape index (κ1) is 11.1. The van der Waals surface area contributed by atoms with Crippen LogP contribution in [0.4, 0.5) is 0 Å². The van der Waals surface area contributed by atoms with E-state index in [1.54, 1.807) is 20.0 Å². The highest BCUT2D eigenvalue weighted by Crippen LogP contribution is 2.07. The van der Waals surface area contributed by atoms with E-state index < -0.39 is 6.04 Å². The molecular weight excluding hydrogens is 198 g/mol. The highest BCUT2D eigenvalue weighted by Gasteiger charge is 2.21. The fourth-order valence-corrected chi connectivity index (χ4v) is 1.05. The Labute approximate surface area is 87.0 Å². The fraction of sp³-hybridized carbons (Fsp3) is 0.333. The van der Waals surface area contributed by atoms with Crippen molar-refractivity contribution in [1.29, 1.82) is 0 Å². The molecule has 0 fully saturated rings. The number of nitrogens with zero attached hydrogens (tertiary/aromatic N) is 2. The molecule has 1 atom stereocenters. The summed E-state index contributed by atoms with van der Waals surface area (Å²) in [5, 5.41) is 11.3. The fourth-order valence-electron chi connectivity index (χ4n) is 1.05. The maximum Gasteiger partial charge on any atom is 0.257 e. The molecule has 0 aliphatic rings. The number of nitrogens with two attached hydrogens (primary N) is 1. The third-order valence-electron chi connectivity index (χ3n) is 2.21. The zero-order valence-corrected chi connectivity index (χ0v) is 8.54. The summed E-state index contributed by atoms with van der Waals surface area (Å²) >= 11 is 0. The van der Waals surface area contributed by atoms with Gasteiger partial charge in [0.25, 0.3) is 5.91 Å². The highest BCUT2D eigenvalue weighted by atomic mass is 16.4. The van der Waals surface area contributed by atoms with E-state index in [1.807, 2.05) is 0 Å². The van der Waals surface area contributed by atoms with Gasteiger partial charge in [0.2, 0.25) is 0 Å². The van der Waals surface area contributed by atoms with Crippen LogP contribution in [0.25, 0.3) is 0 Å². The van der Waals surface area contributed by atoms with Crippen molar-refractivity contribution in [2.24, 2.45) is 10.9 Å². The topological polar surface area (TPSA) is 92.1 Å². The lowest BCUT2D eigenvalue weighted by Gasteiger charge is -2.22. The number of hydrogen-bond donors (Lipinski definition) is 2. The van der Waals surface area contributed by atoms with Crippen molar-refractivity contribution in [2.45, 2.75) is 13.0 Å². The van der Waals surface area contributed by atoms with Crippen molar-refractivity contribution in [2.75, 3.05) is 7.05 Å². The molecule has 1 aromatic heterocycles. The van der Waals surface area contributed by atoms with Crippen molar-refractivity contribution < 1.29 is 14.4 Å². The molecule has 82 valence electrons. The average molecular weight is 211 g/mol. The molecule has 6 heteroatoms. The molecule has 3 N–H and O–H groups in total. The number of carbonyl (C=O) groups excluding carboxylic acids is 1. The van der Waals surface area contributed by atoms with Gasteiger partial charge >= 0.3 is 0 Å². The Morgan fingerprint density at radius 2 is 2.40 bits per heavy atom. The Kier molecular flexibility index (Phi) is 3.33. The average Bonchev–Trinajstić information content (AvgIpc) is 2.78. The molecule has 1 amide bonds. The van der Waals surface area contributed by atoms with Gasteiger partial charge in [-0.3, -0.25) is 4.79 Å². The predicted molar refractivity (Wildman–Crippen MR) is 53.7 cm³/mol. The van der Waals surface area contributed by atoms with E-state index in [1.165, 1.54) is 17.4 Å². The monoisotopic (exact) mass is 211 g/mol. The zero-order valence-electron chi connectivity index (χ0n) is 8.54. The molecule has 0 spiro atoms. The summed E-state index contributed by atoms with van der Waals surface area (Å²) in [7, 11) is 1.57. The largest absolute Gasteiger partial charge is 0.472 e. The molecule has 0 saturated carbocycles. The molecule has 0 saturated heterocycles. The van der Waals surface area contributed by atoms with Gasteiger partial charge in [-0.1, -0.05) is 5.16 Å². The van der Waals surface area contributed by atoms with Gasteiger partial charge < -0.3 is 20.3 Å². The van der Waals surface area contributed by atoms with Gasteiger partial charge in [-0.15, -0.1) is 0 Å². The van der Waals surface area contributed by atoms with E-state index in [0.29, 0.717) is 5.56 Å². The number of amides is 1. The van der Waals surface area contributed by atoms with Crippen molar-refractivity contribution in [3.05, 3.63) is 24.2 Å². The van der Waals surface area contributed by atoms with Crippen molar-refractivity contribution in [3.63, 3.8) is 0 Å². The number of likely N-dealkylation sites (N-methyl/N-ethyl adjacent to an activating group) is 1. The number of oxime groups is 1. The van der Waals surface area contributed by atoms with Crippen LogP contribution in [0, 0.1) is 0 Å². The molecule has 1 unspecified atom stereocenters. The van der Waals surface area contributed by atoms with E-state index in [0.717, 1.165) is 0 Å². The summed E-state index contributed by atoms with van der Waals surface area (Å²) in [4.78, 5) is 13.1. The van der Waals surface area contributed by atoms with Gasteiger partial charge in [-0.2, -0.15) is 0 Å². The number of rotatable bonds is 3. The van der Waals surface area contributed by atoms with Crippen LogP contribution in [0.2, 0.25) is 0 Å². The smallest absolute Gasteiger partial charge is 0.257 e. The first-order valence-electron chi connectivity index (χ1n) is 4.34. The molecular formula is C9H13N3O3. The maximum atomic E-state index is 11.7. The summed E-state index contributed by atoms with van der Waals surface area (Å²) in [6.45, 7) is 1.66. The number of furan rings is 1. The van der Waals surface area contributed by atoms with Crippen molar-refractivity contribution in [1.82, 2.24) is 4.90 Å². The van der Waals surface area contributed by atoms with E-state index >= 15 is 0 Å². The Balaban J connectivity index is 2.77. The first-order valence-corrected chi connectivity index (χ1v) is 4.34. The van der Waals surface area contributed by atoms with Crippen molar-refractivity contribution >= 4 is 11.7 Å². The molecule has 1 aromatic rings. The number of hydrogen-bond acceptors (Lipinski definition) is 4. The second-order valence-electron chi connectivity index (χ2n) is 3.13. The summed E-state index contributed by atoms with van der Waals surface area (Å²) in [6.07, 6.45) is 2.76. The van der Waals surface area contributed by atoms with Crippen molar-refractivity contribution in [3.8, 4) is 0 Å². The summed E-state index contributed by atoms with van der Waals surface area (Å²) in [5.41, 5.74) is 5.82. The van der Waals surface area contributed by atoms with Gasteiger partial charge in [-0.05, 0) is 13.0 Å². The third-order valence-corrected chi connectivity index (χ3v) is 2.21. The highest BCUT2D eigenvalue weighted by molar-refractivity contribution is 5.97. The summed E-state index contributed by atoms with van der Waals surface area (Å²) < 4.78 is 4.79. The predicted octanol–water partition coefficient (Wildman–Crippen LogP) is 0.486. The van der Waals surface area contributed by atoms with Crippen LogP contribution in [-0.4, -0.2) is 34.9 Å². The van der Waals surface area contributed by atoms with Crippen LogP contribution in [-0.2, 0) is 0 Å². The first-order chi connectivity index (χ1) is 7.07. The lowest BCUT2D eigenvalue weighted by atomic mass is 10.2. The van der Waals surface area contributed by atoms with Crippen LogP contribution < -0.4 is 5.73 Å². The summed E-state index contributed by atoms with van der Waals surface area (Å²) in [5.74, 6) is -0.266. The molecule has 0 aliphatic carbocycles. The normalized spacial score (nSPS) is 13.6. The molecule has 0 aliphatic heterocycles. The second kappa shape index (κ2) is 4.50. The van der Waals surface area contributed by atoms with Crippen LogP contribution in [0.1, 0.15) is 17.3 Å². The minimum atomic E-state index is -0.475. The summed E-state index contributed by atoms with van der Waals surface area (Å²) in [6, 6.07) is 1.08. The van der Waals surface area contributed by atoms with Gasteiger partial charge in [-0.25, -0.2) is 0 Å². The second-order valence-corrected chi connectivity index (χ2v) is 3.13. The lowest BCUT2D eigenvalue weighted by Crippen LogP contribution is -2.43. The van der Waals surface area contributed by atoms with E-state index in [2.05, 4.69) is 5.16 Å². The van der Waals surface area contributed by atoms with Gasteiger partial charge in [0.15, 0.2) is 5.84 Å². The van der Waals surface area contributed by atoms with E-state index in [4.69, 9.17) is 15.4 Å². The number of amidine groups is 1. The van der Waals surface area contributed by atoms with Gasteiger partial charge in [0.05, 0.1) is 17.9 Å². The van der Waals surface area contributed by atoms with Gasteiger partial charge in [0, 0.05) is 7.05 Å². The van der Waals surface area contributed by atoms with E-state index in [-0.39, 0.29) is 11.7 Å². The zero-order chi connectivity index (χ0) is 11.4. The van der Waals surface area contributed by atoms with Crippen LogP contribution in [0.3, 0.4) is 0 Å². The molecule has 15 heavy (non-hydrogen) atoms. The molecule has 0 aromatic carbocycles. The van der Waals surface area contributed by atoms with Gasteiger partial charge in [0.1, 0.15) is 6.26 Å². The Hall–Kier alpha value is -1.98. The van der Waals surface area contributed by atoms with Crippen LogP contribution >= 0.6 is 0 Å². The van der Waals surface area contributed by atoms with E-state index in [9.17, 15) is 4.79 Å². The Morgan fingerprint density at radius 3 is 2.87 bits per heavy atom.